The molecule has 0 N–H and O–H groups in total. The molecular formula is C13F28O6. The van der Waals surface area contributed by atoms with Gasteiger partial charge in [0.1, 0.15) is 0 Å². The second-order valence-electron chi connectivity index (χ2n) is 7.24. The number of halogens is 28. The number of hydrogen-bond donors (Lipinski definition) is 0. The van der Waals surface area contributed by atoms with E-state index in [1.165, 1.54) is 4.74 Å². The van der Waals surface area contributed by atoms with E-state index < -0.39 is 79.7 Å². The van der Waals surface area contributed by atoms with E-state index in [0.717, 1.165) is 23.7 Å². The van der Waals surface area contributed by atoms with Crippen molar-refractivity contribution in [3.63, 3.8) is 0 Å². The maximum atomic E-state index is 13.3. The Morgan fingerprint density at radius 3 is 0.426 bits per heavy atom. The minimum Gasteiger partial charge on any atom is -0.241 e. The zero-order chi connectivity index (χ0) is 38.7. The van der Waals surface area contributed by atoms with Gasteiger partial charge < -0.3 is 0 Å². The molecular weight excluding hydrogens is 784 g/mol. The van der Waals surface area contributed by atoms with Gasteiger partial charge in [0.05, 0.1) is 0 Å². The minimum atomic E-state index is -8.29. The smallest absolute Gasteiger partial charge is 0.241 e. The van der Waals surface area contributed by atoms with Gasteiger partial charge in [-0.3, -0.25) is 0 Å². The van der Waals surface area contributed by atoms with Crippen LogP contribution in [-0.4, -0.2) is 79.7 Å². The third-order valence-corrected chi connectivity index (χ3v) is 3.55. The molecule has 0 amide bonds. The summed E-state index contributed by atoms with van der Waals surface area (Å²) >= 11 is 0. The van der Waals surface area contributed by atoms with E-state index in [9.17, 15) is 123 Å². The number of hydrogen-bond acceptors (Lipinski definition) is 6. The molecule has 0 aromatic rings. The summed E-state index contributed by atoms with van der Waals surface area (Å²) in [5.41, 5.74) is 0. The molecule has 0 unspecified atom stereocenters. The van der Waals surface area contributed by atoms with Gasteiger partial charge in [0.2, 0.25) is 0 Å². The molecule has 34 heteroatoms. The van der Waals surface area contributed by atoms with Crippen molar-refractivity contribution in [2.45, 2.75) is 79.7 Å². The van der Waals surface area contributed by atoms with Gasteiger partial charge in [-0.1, -0.05) is 0 Å². The molecule has 6 nitrogen and oxygen atoms in total. The Morgan fingerprint density at radius 1 is 0.170 bits per heavy atom. The summed E-state index contributed by atoms with van der Waals surface area (Å²) in [4.78, 5) is 0. The Kier molecular flexibility index (Phi) is 11.4. The molecule has 284 valence electrons. The van der Waals surface area contributed by atoms with Gasteiger partial charge in [-0.05, 0) is 0 Å². The van der Waals surface area contributed by atoms with Gasteiger partial charge in [0.25, 0.3) is 0 Å². The average molecular weight is 784 g/mol. The van der Waals surface area contributed by atoms with Crippen LogP contribution < -0.4 is 0 Å². The van der Waals surface area contributed by atoms with Gasteiger partial charge in [-0.25, -0.2) is 28.4 Å². The lowest BCUT2D eigenvalue weighted by Gasteiger charge is -2.36. The highest BCUT2D eigenvalue weighted by Crippen LogP contribution is 2.54. The molecule has 0 saturated carbocycles. The van der Waals surface area contributed by atoms with Gasteiger partial charge in [-0.15, -0.1) is 13.2 Å². The van der Waals surface area contributed by atoms with Crippen LogP contribution in [0.25, 0.3) is 0 Å². The monoisotopic (exact) mass is 784 g/mol. The summed E-state index contributed by atoms with van der Waals surface area (Å²) in [7, 11) is 0. The fraction of sp³-hybridized carbons (Fsp3) is 1.00. The molecule has 0 aliphatic rings. The SMILES string of the molecule is FC(F)(F)OC(F)(F)C(F)(F)OC(F)(F)C(F)(F)OC(F)(F)C(F)(F)OC(F)(F)C(F)(F)OC(F)(F)C(F)(F)OC(F)(F)C(F)(F)F. The minimum absolute atomic E-state index is 1.04. The maximum absolute atomic E-state index is 13.3. The summed E-state index contributed by atoms with van der Waals surface area (Å²) in [5.74, 6) is 0. The van der Waals surface area contributed by atoms with Crippen molar-refractivity contribution < 1.29 is 151 Å². The van der Waals surface area contributed by atoms with E-state index in [-0.39, 0.29) is 0 Å². The summed E-state index contributed by atoms with van der Waals surface area (Å²) in [6.45, 7) is 0. The highest BCUT2D eigenvalue weighted by atomic mass is 19.4. The highest BCUT2D eigenvalue weighted by Gasteiger charge is 2.80. The molecule has 0 fully saturated rings. The first kappa shape index (κ1) is 44.8. The van der Waals surface area contributed by atoms with Crippen LogP contribution >= 0.6 is 0 Å². The predicted octanol–water partition coefficient (Wildman–Crippen LogP) is 8.69. The summed E-state index contributed by atoms with van der Waals surface area (Å²) in [5, 5.41) is 0. The zero-order valence-electron chi connectivity index (χ0n) is 19.5. The molecule has 0 atom stereocenters. The first-order chi connectivity index (χ1) is 19.7. The molecule has 47 heavy (non-hydrogen) atoms. The number of alkyl halides is 28. The van der Waals surface area contributed by atoms with Crippen LogP contribution in [0.2, 0.25) is 0 Å². The average Bonchev–Trinajstić information content (AvgIpc) is 2.66. The third kappa shape index (κ3) is 9.93. The van der Waals surface area contributed by atoms with E-state index in [2.05, 4.69) is 0 Å². The largest absolute Gasteiger partial charge is 0.527 e. The Balaban J connectivity index is 6.26. The Morgan fingerprint density at radius 2 is 0.298 bits per heavy atom. The topological polar surface area (TPSA) is 55.4 Å². The molecule has 0 spiro atoms. The molecule has 0 aromatic heterocycles. The van der Waals surface area contributed by atoms with E-state index >= 15 is 0 Å². The van der Waals surface area contributed by atoms with Crippen molar-refractivity contribution in [2.24, 2.45) is 0 Å². The lowest BCUT2D eigenvalue weighted by molar-refractivity contribution is -0.596. The molecule has 0 aliphatic carbocycles. The van der Waals surface area contributed by atoms with E-state index in [0.29, 0.717) is 0 Å². The molecule has 0 radical (unpaired) electrons. The van der Waals surface area contributed by atoms with Crippen molar-refractivity contribution in [1.29, 1.82) is 0 Å². The lowest BCUT2D eigenvalue weighted by Crippen LogP contribution is -2.62. The summed E-state index contributed by atoms with van der Waals surface area (Å²) < 4.78 is 364. The number of ether oxygens (including phenoxy) is 6. The maximum Gasteiger partial charge on any atom is 0.527 e. The van der Waals surface area contributed by atoms with E-state index in [4.69, 9.17) is 0 Å². The fourth-order valence-corrected chi connectivity index (χ4v) is 1.60. The standard InChI is InChI=1S/C13F28O6/c14-1(15,16)2(17,18)42-3(19,20)4(21,22)43-5(23,24)6(25,26)44-7(27,28)8(29,30)45-9(31,32)10(33,34)46-11(35,36)12(37,38)47-13(39,40)41. The molecule has 0 heterocycles. The lowest BCUT2D eigenvalue weighted by atomic mass is 10.4. The van der Waals surface area contributed by atoms with Gasteiger partial charge in [-0.2, -0.15) is 110 Å². The summed E-state index contributed by atoms with van der Waals surface area (Å²) in [6.07, 6.45) is -103. The summed E-state index contributed by atoms with van der Waals surface area (Å²) in [6, 6.07) is 0. The normalized spacial score (nSPS) is 16.6. The van der Waals surface area contributed by atoms with Crippen molar-refractivity contribution >= 4 is 0 Å². The van der Waals surface area contributed by atoms with Crippen molar-refractivity contribution in [3.8, 4) is 0 Å². The Labute approximate surface area is 232 Å². The van der Waals surface area contributed by atoms with Crippen molar-refractivity contribution in [3.05, 3.63) is 0 Å². The van der Waals surface area contributed by atoms with E-state index in [1.54, 1.807) is 0 Å². The molecule has 0 aliphatic heterocycles. The van der Waals surface area contributed by atoms with Crippen LogP contribution in [0.15, 0.2) is 0 Å². The Bertz CT molecular complexity index is 1070. The number of rotatable bonds is 16. The molecule has 0 bridgehead atoms. The van der Waals surface area contributed by atoms with Crippen LogP contribution in [0, 0.1) is 0 Å². The fourth-order valence-electron chi connectivity index (χ4n) is 1.60. The molecule has 0 aromatic carbocycles. The first-order valence-electron chi connectivity index (χ1n) is 9.24. The van der Waals surface area contributed by atoms with Crippen LogP contribution in [0.5, 0.6) is 0 Å². The van der Waals surface area contributed by atoms with Crippen molar-refractivity contribution in [1.82, 2.24) is 0 Å². The Hall–Kier alpha value is -2.20. The van der Waals surface area contributed by atoms with E-state index in [1.807, 2.05) is 0 Å². The first-order valence-corrected chi connectivity index (χ1v) is 9.24. The molecule has 0 saturated heterocycles. The van der Waals surface area contributed by atoms with Gasteiger partial charge in [0, 0.05) is 0 Å². The van der Waals surface area contributed by atoms with Crippen LogP contribution in [0.4, 0.5) is 123 Å². The second-order valence-corrected chi connectivity index (χ2v) is 7.24. The quantitative estimate of drug-likeness (QED) is 0.146. The van der Waals surface area contributed by atoms with Crippen molar-refractivity contribution in [2.75, 3.05) is 0 Å². The van der Waals surface area contributed by atoms with Crippen LogP contribution in [0.3, 0.4) is 0 Å². The highest BCUT2D eigenvalue weighted by molar-refractivity contribution is 4.82. The second kappa shape index (κ2) is 12.0. The van der Waals surface area contributed by atoms with Gasteiger partial charge in [0.15, 0.2) is 0 Å². The molecule has 0 rings (SSSR count). The zero-order valence-corrected chi connectivity index (χ0v) is 19.5. The van der Waals surface area contributed by atoms with Crippen LogP contribution in [-0.2, 0) is 28.4 Å². The third-order valence-electron chi connectivity index (χ3n) is 3.55. The van der Waals surface area contributed by atoms with Crippen LogP contribution in [0.1, 0.15) is 0 Å². The van der Waals surface area contributed by atoms with Gasteiger partial charge >= 0.3 is 79.7 Å². The predicted molar refractivity (Wildman–Crippen MR) is 73.0 cm³/mol.